The number of rotatable bonds is 16. The maximum Gasteiger partial charge on any atom is 0.201 e. The monoisotopic (exact) mass is 686 g/mol. The van der Waals surface area contributed by atoms with Gasteiger partial charge in [0, 0.05) is 5.56 Å². The van der Waals surface area contributed by atoms with Crippen molar-refractivity contribution in [1.82, 2.24) is 0 Å². The standard InChI is InChI=1S/C41H68F2O2Si2/c1-12-15-31-16-18-32(19-17-31)33-20-22-34(23-21-33)36-24-25-37(39(43)38(36)42)44-27-13-14-28-46(8,9)45-47(10,11)29-26-35(41(5,6)7)30-40(2,3)4/h20-25,31-32,35H,12-19,26-30H2,1-11H3. The largest absolute Gasteiger partial charge is 0.490 e. The summed E-state index contributed by atoms with van der Waals surface area (Å²) in [6, 6.07) is 13.6. The molecular formula is C41H68F2O2Si2. The van der Waals surface area contributed by atoms with Crippen molar-refractivity contribution in [3.8, 4) is 16.9 Å². The average molecular weight is 687 g/mol. The van der Waals surface area contributed by atoms with Crippen molar-refractivity contribution in [2.24, 2.45) is 22.7 Å². The first-order valence-electron chi connectivity index (χ1n) is 18.7. The summed E-state index contributed by atoms with van der Waals surface area (Å²) in [6.45, 7) is 26.3. The van der Waals surface area contributed by atoms with E-state index in [2.05, 4.69) is 86.8 Å². The fraction of sp³-hybridized carbons (Fsp3) is 0.707. The third-order valence-electron chi connectivity index (χ3n) is 10.4. The minimum atomic E-state index is -1.85. The molecule has 0 bridgehead atoms. The van der Waals surface area contributed by atoms with Crippen molar-refractivity contribution in [2.75, 3.05) is 6.61 Å². The van der Waals surface area contributed by atoms with Gasteiger partial charge >= 0.3 is 0 Å². The fourth-order valence-corrected chi connectivity index (χ4v) is 16.7. The van der Waals surface area contributed by atoms with E-state index in [-0.39, 0.29) is 11.3 Å². The lowest BCUT2D eigenvalue weighted by Crippen LogP contribution is -2.44. The van der Waals surface area contributed by atoms with E-state index in [1.54, 1.807) is 12.1 Å². The predicted octanol–water partition coefficient (Wildman–Crippen LogP) is 13.8. The summed E-state index contributed by atoms with van der Waals surface area (Å²) in [4.78, 5) is 0. The number of hydrogen-bond donors (Lipinski definition) is 0. The molecular weight excluding hydrogens is 619 g/mol. The lowest BCUT2D eigenvalue weighted by atomic mass is 9.71. The molecule has 1 aliphatic rings. The third kappa shape index (κ3) is 13.0. The molecule has 0 spiro atoms. The molecule has 0 aliphatic heterocycles. The minimum Gasteiger partial charge on any atom is -0.490 e. The third-order valence-corrected chi connectivity index (χ3v) is 17.9. The number of hydrogen-bond acceptors (Lipinski definition) is 2. The SMILES string of the molecule is CCCC1CCC(c2ccc(-c3ccc(OCCCC[Si](C)(C)O[Si](C)(C)CCC(CC(C)(C)C)C(C)(C)C)c(F)c3F)cc2)CC1. The molecule has 0 radical (unpaired) electrons. The van der Waals surface area contributed by atoms with E-state index in [4.69, 9.17) is 8.85 Å². The van der Waals surface area contributed by atoms with Gasteiger partial charge in [-0.25, -0.2) is 4.39 Å². The zero-order valence-electron chi connectivity index (χ0n) is 32.0. The summed E-state index contributed by atoms with van der Waals surface area (Å²) in [5, 5.41) is 0. The molecule has 2 aromatic carbocycles. The Kier molecular flexibility index (Phi) is 14.4. The van der Waals surface area contributed by atoms with E-state index in [1.165, 1.54) is 63.0 Å². The molecule has 1 aliphatic carbocycles. The highest BCUT2D eigenvalue weighted by Gasteiger charge is 2.36. The van der Waals surface area contributed by atoms with Crippen LogP contribution >= 0.6 is 0 Å². The predicted molar refractivity (Wildman–Crippen MR) is 203 cm³/mol. The Morgan fingerprint density at radius 2 is 1.40 bits per heavy atom. The topological polar surface area (TPSA) is 18.5 Å². The maximum atomic E-state index is 15.2. The highest BCUT2D eigenvalue weighted by Crippen LogP contribution is 2.41. The zero-order chi connectivity index (χ0) is 35.0. The molecule has 2 aromatic rings. The van der Waals surface area contributed by atoms with Gasteiger partial charge in [0.25, 0.3) is 0 Å². The Bertz CT molecular complexity index is 1240. The van der Waals surface area contributed by atoms with Crippen LogP contribution in [0.2, 0.25) is 38.3 Å². The summed E-state index contributed by atoms with van der Waals surface area (Å²) in [5.74, 6) is 0.399. The first kappa shape index (κ1) is 39.9. The Morgan fingerprint density at radius 3 is 1.98 bits per heavy atom. The number of benzene rings is 2. The minimum absolute atomic E-state index is 0.00309. The first-order valence-corrected chi connectivity index (χ1v) is 24.9. The second-order valence-corrected chi connectivity index (χ2v) is 27.0. The molecule has 0 aromatic heterocycles. The van der Waals surface area contributed by atoms with E-state index in [1.807, 2.05) is 12.1 Å². The smallest absolute Gasteiger partial charge is 0.201 e. The van der Waals surface area contributed by atoms with Crippen molar-refractivity contribution >= 4 is 16.6 Å². The lowest BCUT2D eigenvalue weighted by molar-refractivity contribution is 0.159. The van der Waals surface area contributed by atoms with Gasteiger partial charge in [0.2, 0.25) is 5.82 Å². The van der Waals surface area contributed by atoms with Crippen LogP contribution < -0.4 is 4.74 Å². The quantitative estimate of drug-likeness (QED) is 0.129. The van der Waals surface area contributed by atoms with E-state index in [0.717, 1.165) is 24.8 Å². The first-order chi connectivity index (χ1) is 21.8. The van der Waals surface area contributed by atoms with Gasteiger partial charge in [-0.05, 0) is 129 Å². The molecule has 0 saturated heterocycles. The molecule has 1 unspecified atom stereocenters. The van der Waals surface area contributed by atoms with Gasteiger partial charge in [0.05, 0.1) is 6.61 Å². The van der Waals surface area contributed by atoms with Crippen molar-refractivity contribution in [3.63, 3.8) is 0 Å². The van der Waals surface area contributed by atoms with Gasteiger partial charge < -0.3 is 8.85 Å². The summed E-state index contributed by atoms with van der Waals surface area (Å²) in [6.07, 6.45) is 11.9. The van der Waals surface area contributed by atoms with Gasteiger partial charge in [-0.1, -0.05) is 98.4 Å². The van der Waals surface area contributed by atoms with Crippen molar-refractivity contribution in [1.29, 1.82) is 0 Å². The van der Waals surface area contributed by atoms with Gasteiger partial charge in [0.15, 0.2) is 28.2 Å². The van der Waals surface area contributed by atoms with Crippen LogP contribution in [0, 0.1) is 34.3 Å². The van der Waals surface area contributed by atoms with Crippen molar-refractivity contribution in [3.05, 3.63) is 53.6 Å². The van der Waals surface area contributed by atoms with Crippen LogP contribution in [-0.4, -0.2) is 23.2 Å². The summed E-state index contributed by atoms with van der Waals surface area (Å²) >= 11 is 0. The Hall–Kier alpha value is -1.51. The molecule has 47 heavy (non-hydrogen) atoms. The molecule has 0 heterocycles. The average Bonchev–Trinajstić information content (AvgIpc) is 2.96. The molecule has 1 saturated carbocycles. The fourth-order valence-electron chi connectivity index (χ4n) is 7.78. The molecule has 2 nitrogen and oxygen atoms in total. The van der Waals surface area contributed by atoms with Gasteiger partial charge in [-0.2, -0.15) is 4.39 Å². The summed E-state index contributed by atoms with van der Waals surface area (Å²) in [7, 11) is -3.65. The maximum absolute atomic E-state index is 15.2. The Morgan fingerprint density at radius 1 is 0.787 bits per heavy atom. The van der Waals surface area contributed by atoms with Crippen LogP contribution in [0.25, 0.3) is 11.1 Å². The van der Waals surface area contributed by atoms with Crippen LogP contribution in [0.4, 0.5) is 8.78 Å². The Balaban J connectivity index is 1.46. The van der Waals surface area contributed by atoms with E-state index in [0.29, 0.717) is 34.8 Å². The highest BCUT2D eigenvalue weighted by atomic mass is 28.4. The second-order valence-electron chi connectivity index (χ2n) is 18.2. The van der Waals surface area contributed by atoms with Crippen molar-refractivity contribution < 1.29 is 17.6 Å². The second kappa shape index (κ2) is 16.9. The molecule has 0 N–H and O–H groups in total. The van der Waals surface area contributed by atoms with Gasteiger partial charge in [-0.15, -0.1) is 0 Å². The van der Waals surface area contributed by atoms with Gasteiger partial charge in [0.1, 0.15) is 0 Å². The van der Waals surface area contributed by atoms with Crippen molar-refractivity contribution in [2.45, 2.75) is 157 Å². The molecule has 3 rings (SSSR count). The molecule has 6 heteroatoms. The van der Waals surface area contributed by atoms with E-state index >= 15 is 8.78 Å². The van der Waals surface area contributed by atoms with E-state index in [9.17, 15) is 0 Å². The molecule has 0 amide bonds. The zero-order valence-corrected chi connectivity index (χ0v) is 34.0. The van der Waals surface area contributed by atoms with Crippen LogP contribution in [0.1, 0.15) is 124 Å². The lowest BCUT2D eigenvalue weighted by Gasteiger charge is -2.39. The molecule has 266 valence electrons. The van der Waals surface area contributed by atoms with Crippen LogP contribution in [0.3, 0.4) is 0 Å². The molecule has 1 fully saturated rings. The van der Waals surface area contributed by atoms with Crippen LogP contribution in [0.15, 0.2) is 36.4 Å². The van der Waals surface area contributed by atoms with Gasteiger partial charge in [-0.3, -0.25) is 0 Å². The number of halogens is 2. The summed E-state index contributed by atoms with van der Waals surface area (Å²) < 4.78 is 43.0. The highest BCUT2D eigenvalue weighted by molar-refractivity contribution is 6.84. The summed E-state index contributed by atoms with van der Waals surface area (Å²) in [5.41, 5.74) is 2.94. The Labute approximate surface area is 290 Å². The normalized spacial score (nSPS) is 18.7. The number of unbranched alkanes of at least 4 members (excludes halogenated alkanes) is 1. The van der Waals surface area contributed by atoms with Crippen LogP contribution in [0.5, 0.6) is 5.75 Å². The molecule has 1 atom stereocenters. The van der Waals surface area contributed by atoms with E-state index < -0.39 is 28.3 Å². The number of ether oxygens (including phenoxy) is 1. The van der Waals surface area contributed by atoms with Crippen LogP contribution in [-0.2, 0) is 4.12 Å².